The van der Waals surface area contributed by atoms with E-state index < -0.39 is 0 Å². The van der Waals surface area contributed by atoms with Crippen LogP contribution in [0.1, 0.15) is 18.5 Å². The maximum atomic E-state index is 11.1. The summed E-state index contributed by atoms with van der Waals surface area (Å²) in [5, 5.41) is 0. The first-order valence-electron chi connectivity index (χ1n) is 5.35. The highest BCUT2D eigenvalue weighted by Gasteiger charge is 2.18. The van der Waals surface area contributed by atoms with Gasteiger partial charge in [-0.1, -0.05) is 0 Å². The van der Waals surface area contributed by atoms with Crippen molar-refractivity contribution in [1.29, 1.82) is 0 Å². The van der Waals surface area contributed by atoms with Crippen molar-refractivity contribution in [2.75, 3.05) is 25.1 Å². The first-order chi connectivity index (χ1) is 7.70. The third-order valence-electron chi connectivity index (χ3n) is 2.73. The quantitative estimate of drug-likeness (QED) is 0.744. The molecule has 0 atom stereocenters. The molecule has 0 aliphatic carbocycles. The molecule has 2 rings (SSSR count). The van der Waals surface area contributed by atoms with E-state index in [0.717, 1.165) is 24.6 Å². The summed E-state index contributed by atoms with van der Waals surface area (Å²) in [5.41, 5.74) is 0.775. The molecule has 86 valence electrons. The van der Waals surface area contributed by atoms with E-state index in [-0.39, 0.29) is 0 Å². The molecular weight excluding hydrogens is 206 g/mol. The van der Waals surface area contributed by atoms with Crippen molar-refractivity contribution in [3.63, 3.8) is 0 Å². The number of nitrogens with zero attached hydrogens (tertiary/aromatic N) is 3. The Kier molecular flexibility index (Phi) is 3.03. The van der Waals surface area contributed by atoms with Crippen LogP contribution in [0.3, 0.4) is 0 Å². The van der Waals surface area contributed by atoms with E-state index in [1.165, 1.54) is 0 Å². The minimum atomic E-state index is 0.328. The monoisotopic (exact) mass is 221 g/mol. The summed E-state index contributed by atoms with van der Waals surface area (Å²) in [6.07, 6.45) is 2.90. The number of piperidine rings is 1. The van der Waals surface area contributed by atoms with E-state index >= 15 is 0 Å². The van der Waals surface area contributed by atoms with Crippen molar-refractivity contribution in [2.24, 2.45) is 0 Å². The fraction of sp³-hybridized carbons (Fsp3) is 0.545. The van der Waals surface area contributed by atoms with Crippen LogP contribution in [0.4, 0.5) is 5.82 Å². The number of ether oxygens (including phenoxy) is 1. The lowest BCUT2D eigenvalue weighted by Gasteiger charge is -2.26. The van der Waals surface area contributed by atoms with Crippen LogP contribution in [0.5, 0.6) is 5.88 Å². The molecule has 1 aromatic heterocycles. The Morgan fingerprint density at radius 2 is 2.06 bits per heavy atom. The van der Waals surface area contributed by atoms with Crippen LogP contribution in [-0.2, 0) is 4.79 Å². The molecule has 0 aromatic carbocycles. The third kappa shape index (κ3) is 2.13. The highest BCUT2D eigenvalue weighted by molar-refractivity contribution is 5.80. The Hall–Kier alpha value is -1.65. The van der Waals surface area contributed by atoms with Crippen molar-refractivity contribution >= 4 is 11.6 Å². The van der Waals surface area contributed by atoms with E-state index in [1.54, 1.807) is 13.3 Å². The Morgan fingerprint density at radius 1 is 1.38 bits per heavy atom. The van der Waals surface area contributed by atoms with Gasteiger partial charge >= 0.3 is 0 Å². The predicted molar refractivity (Wildman–Crippen MR) is 59.8 cm³/mol. The molecule has 1 aromatic rings. The highest BCUT2D eigenvalue weighted by atomic mass is 16.5. The number of Topliss-reactive ketones (excluding diaryl/α,β-unsaturated/α-hetero) is 1. The zero-order valence-electron chi connectivity index (χ0n) is 9.56. The van der Waals surface area contributed by atoms with Crippen LogP contribution in [0, 0.1) is 6.92 Å². The lowest BCUT2D eigenvalue weighted by atomic mass is 10.1. The molecule has 0 radical (unpaired) electrons. The van der Waals surface area contributed by atoms with Crippen LogP contribution < -0.4 is 9.64 Å². The molecule has 16 heavy (non-hydrogen) atoms. The Bertz CT molecular complexity index is 396. The van der Waals surface area contributed by atoms with Crippen LogP contribution in [-0.4, -0.2) is 36.0 Å². The molecule has 1 aliphatic heterocycles. The summed E-state index contributed by atoms with van der Waals surface area (Å²) in [6.45, 7) is 3.34. The molecule has 0 unspecified atom stereocenters. The van der Waals surface area contributed by atoms with Gasteiger partial charge in [-0.2, -0.15) is 0 Å². The fourth-order valence-electron chi connectivity index (χ4n) is 1.80. The summed E-state index contributed by atoms with van der Waals surface area (Å²) < 4.78 is 5.06. The maximum absolute atomic E-state index is 11.1. The van der Waals surface area contributed by atoms with Crippen molar-refractivity contribution < 1.29 is 9.53 Å². The minimum Gasteiger partial charge on any atom is -0.480 e. The first-order valence-corrected chi connectivity index (χ1v) is 5.35. The van der Waals surface area contributed by atoms with E-state index in [4.69, 9.17) is 4.74 Å². The Morgan fingerprint density at radius 3 is 2.62 bits per heavy atom. The van der Waals surface area contributed by atoms with Gasteiger partial charge in [-0.25, -0.2) is 9.97 Å². The second kappa shape index (κ2) is 4.47. The molecule has 0 bridgehead atoms. The molecule has 2 heterocycles. The number of carbonyl (C=O) groups is 1. The maximum Gasteiger partial charge on any atom is 0.235 e. The van der Waals surface area contributed by atoms with Gasteiger partial charge in [-0.05, 0) is 6.92 Å². The average molecular weight is 221 g/mol. The van der Waals surface area contributed by atoms with Crippen LogP contribution >= 0.6 is 0 Å². The van der Waals surface area contributed by atoms with E-state index in [0.29, 0.717) is 24.5 Å². The molecule has 1 fully saturated rings. The normalized spacial score (nSPS) is 16.4. The smallest absolute Gasteiger partial charge is 0.235 e. The Balaban J connectivity index is 2.15. The number of aromatic nitrogens is 2. The van der Waals surface area contributed by atoms with Gasteiger partial charge in [0.1, 0.15) is 17.3 Å². The zero-order chi connectivity index (χ0) is 11.5. The molecule has 1 saturated heterocycles. The van der Waals surface area contributed by atoms with Gasteiger partial charge in [-0.15, -0.1) is 0 Å². The van der Waals surface area contributed by atoms with Gasteiger partial charge in [0, 0.05) is 25.9 Å². The number of hydrogen-bond acceptors (Lipinski definition) is 5. The van der Waals surface area contributed by atoms with Gasteiger partial charge in [0.05, 0.1) is 13.3 Å². The lowest BCUT2D eigenvalue weighted by molar-refractivity contribution is -0.119. The standard InChI is InChI=1S/C11H15N3O2/c1-8-11(16-2)12-7-10(13-8)14-5-3-9(15)4-6-14/h7H,3-6H2,1-2H3. The average Bonchev–Trinajstić information content (AvgIpc) is 2.30. The predicted octanol–water partition coefficient (Wildman–Crippen LogP) is 0.963. The number of rotatable bonds is 2. The lowest BCUT2D eigenvalue weighted by Crippen LogP contribution is -2.34. The molecule has 0 amide bonds. The van der Waals surface area contributed by atoms with E-state index in [2.05, 4.69) is 14.9 Å². The molecule has 5 heteroatoms. The van der Waals surface area contributed by atoms with Crippen molar-refractivity contribution in [1.82, 2.24) is 9.97 Å². The van der Waals surface area contributed by atoms with Crippen LogP contribution in [0.25, 0.3) is 0 Å². The summed E-state index contributed by atoms with van der Waals surface area (Å²) in [6, 6.07) is 0. The van der Waals surface area contributed by atoms with Crippen molar-refractivity contribution in [3.05, 3.63) is 11.9 Å². The fourth-order valence-corrected chi connectivity index (χ4v) is 1.80. The van der Waals surface area contributed by atoms with Gasteiger partial charge in [0.25, 0.3) is 0 Å². The molecule has 5 nitrogen and oxygen atoms in total. The zero-order valence-corrected chi connectivity index (χ0v) is 9.56. The molecule has 1 aliphatic rings. The van der Waals surface area contributed by atoms with Gasteiger partial charge < -0.3 is 9.64 Å². The number of anilines is 1. The largest absolute Gasteiger partial charge is 0.480 e. The van der Waals surface area contributed by atoms with Gasteiger partial charge in [-0.3, -0.25) is 4.79 Å². The molecule has 0 spiro atoms. The minimum absolute atomic E-state index is 0.328. The number of ketones is 1. The van der Waals surface area contributed by atoms with Gasteiger partial charge in [0.15, 0.2) is 0 Å². The molecule has 0 N–H and O–H groups in total. The number of carbonyl (C=O) groups excluding carboxylic acids is 1. The van der Waals surface area contributed by atoms with Crippen LogP contribution in [0.2, 0.25) is 0 Å². The Labute approximate surface area is 94.5 Å². The third-order valence-corrected chi connectivity index (χ3v) is 2.73. The number of hydrogen-bond donors (Lipinski definition) is 0. The SMILES string of the molecule is COc1ncc(N2CCC(=O)CC2)nc1C. The number of aryl methyl sites for hydroxylation is 1. The van der Waals surface area contributed by atoms with E-state index in [1.807, 2.05) is 6.92 Å². The molecular formula is C11H15N3O2. The first kappa shape index (κ1) is 10.9. The second-order valence-corrected chi connectivity index (χ2v) is 3.85. The van der Waals surface area contributed by atoms with E-state index in [9.17, 15) is 4.79 Å². The highest BCUT2D eigenvalue weighted by Crippen LogP contribution is 2.19. The van der Waals surface area contributed by atoms with Gasteiger partial charge in [0.2, 0.25) is 5.88 Å². The van der Waals surface area contributed by atoms with Crippen molar-refractivity contribution in [3.8, 4) is 5.88 Å². The summed E-state index contributed by atoms with van der Waals surface area (Å²) >= 11 is 0. The van der Waals surface area contributed by atoms with Crippen molar-refractivity contribution in [2.45, 2.75) is 19.8 Å². The van der Waals surface area contributed by atoms with Crippen LogP contribution in [0.15, 0.2) is 6.20 Å². The number of methoxy groups -OCH3 is 1. The molecule has 0 saturated carbocycles. The topological polar surface area (TPSA) is 55.3 Å². The summed E-state index contributed by atoms with van der Waals surface area (Å²) in [4.78, 5) is 21.8. The summed E-state index contributed by atoms with van der Waals surface area (Å²) in [7, 11) is 1.58. The summed E-state index contributed by atoms with van der Waals surface area (Å²) in [5.74, 6) is 1.71. The second-order valence-electron chi connectivity index (χ2n) is 3.85.